The van der Waals surface area contributed by atoms with E-state index in [1.807, 2.05) is 42.6 Å². The van der Waals surface area contributed by atoms with Crippen molar-refractivity contribution >= 4 is 16.8 Å². The zero-order chi connectivity index (χ0) is 23.5. The summed E-state index contributed by atoms with van der Waals surface area (Å²) in [4.78, 5) is 25.0. The Morgan fingerprint density at radius 1 is 1.09 bits per heavy atom. The van der Waals surface area contributed by atoms with Gasteiger partial charge in [0.2, 0.25) is 5.88 Å². The lowest BCUT2D eigenvalue weighted by molar-refractivity contribution is -0.141. The van der Waals surface area contributed by atoms with Crippen molar-refractivity contribution < 1.29 is 14.6 Å². The number of aromatic amines is 1. The molecule has 0 radical (unpaired) electrons. The van der Waals surface area contributed by atoms with E-state index >= 15 is 0 Å². The number of fused-ring (bicyclic) bond motifs is 1. The Bertz CT molecular complexity index is 1270. The van der Waals surface area contributed by atoms with Crippen LogP contribution in [0.2, 0.25) is 0 Å². The van der Waals surface area contributed by atoms with Gasteiger partial charge in [0.05, 0.1) is 11.2 Å². The molecule has 9 nitrogen and oxygen atoms in total. The molecular formula is C25H26N6O3. The van der Waals surface area contributed by atoms with Crippen molar-refractivity contribution in [3.8, 4) is 22.9 Å². The molecule has 1 unspecified atom stereocenters. The number of ether oxygens (including phenoxy) is 1. The molecule has 5 rings (SSSR count). The molecule has 1 aromatic carbocycles. The summed E-state index contributed by atoms with van der Waals surface area (Å²) in [7, 11) is 0. The highest BCUT2D eigenvalue weighted by atomic mass is 16.5. The van der Waals surface area contributed by atoms with Gasteiger partial charge in [-0.05, 0) is 42.8 Å². The summed E-state index contributed by atoms with van der Waals surface area (Å²) in [6, 6.07) is 13.6. The highest BCUT2D eigenvalue weighted by Crippen LogP contribution is 2.26. The molecule has 1 fully saturated rings. The van der Waals surface area contributed by atoms with Gasteiger partial charge in [0.25, 0.3) is 5.91 Å². The Kier molecular flexibility index (Phi) is 6.20. The smallest absolute Gasteiger partial charge is 0.251 e. The first-order valence-corrected chi connectivity index (χ1v) is 11.3. The lowest BCUT2D eigenvalue weighted by atomic mass is 10.1. The molecule has 0 aliphatic carbocycles. The predicted octanol–water partition coefficient (Wildman–Crippen LogP) is 2.84. The number of carbonyl (C=O) groups is 1. The van der Waals surface area contributed by atoms with Crippen LogP contribution in [0, 0.1) is 0 Å². The molecule has 1 aliphatic rings. The highest BCUT2D eigenvalue weighted by molar-refractivity contribution is 5.81. The normalized spacial score (nSPS) is 15.4. The Hall–Kier alpha value is -3.82. The van der Waals surface area contributed by atoms with E-state index < -0.39 is 6.10 Å². The molecule has 0 spiro atoms. The van der Waals surface area contributed by atoms with Gasteiger partial charge < -0.3 is 14.7 Å². The molecule has 174 valence electrons. The predicted molar refractivity (Wildman–Crippen MR) is 127 cm³/mol. The number of hydrogen-bond acceptors (Lipinski definition) is 7. The van der Waals surface area contributed by atoms with Crippen LogP contribution in [0.3, 0.4) is 0 Å². The third-order valence-electron chi connectivity index (χ3n) is 5.93. The summed E-state index contributed by atoms with van der Waals surface area (Å²) in [6.07, 6.45) is 4.39. The minimum Gasteiger partial charge on any atom is -0.439 e. The lowest BCUT2D eigenvalue weighted by Crippen LogP contribution is -2.50. The fourth-order valence-electron chi connectivity index (χ4n) is 4.08. The summed E-state index contributed by atoms with van der Waals surface area (Å²) in [5, 5.41) is 17.4. The van der Waals surface area contributed by atoms with Crippen LogP contribution in [0.4, 0.5) is 0 Å². The van der Waals surface area contributed by atoms with E-state index in [1.165, 1.54) is 6.92 Å². The van der Waals surface area contributed by atoms with Crippen molar-refractivity contribution in [1.82, 2.24) is 30.0 Å². The molecule has 9 heteroatoms. The Labute approximate surface area is 197 Å². The summed E-state index contributed by atoms with van der Waals surface area (Å²) in [5.41, 5.74) is 3.81. The van der Waals surface area contributed by atoms with Crippen LogP contribution < -0.4 is 4.74 Å². The number of aromatic nitrogens is 4. The highest BCUT2D eigenvalue weighted by Gasteiger charge is 2.23. The van der Waals surface area contributed by atoms with E-state index in [-0.39, 0.29) is 5.91 Å². The van der Waals surface area contributed by atoms with E-state index in [0.717, 1.165) is 47.4 Å². The van der Waals surface area contributed by atoms with Crippen LogP contribution in [0.25, 0.3) is 22.2 Å². The van der Waals surface area contributed by atoms with E-state index in [9.17, 15) is 9.90 Å². The number of hydrogen-bond donors (Lipinski definition) is 2. The quantitative estimate of drug-likeness (QED) is 0.457. The molecule has 0 saturated carbocycles. The van der Waals surface area contributed by atoms with Crippen molar-refractivity contribution in [3.05, 3.63) is 66.6 Å². The number of aliphatic hydroxyl groups excluding tert-OH is 1. The number of benzene rings is 1. The third kappa shape index (κ3) is 4.90. The third-order valence-corrected chi connectivity index (χ3v) is 5.93. The van der Waals surface area contributed by atoms with Crippen LogP contribution in [0.15, 0.2) is 61.1 Å². The first-order chi connectivity index (χ1) is 16.5. The number of carbonyl (C=O) groups excluding carboxylic acids is 1. The van der Waals surface area contributed by atoms with Gasteiger partial charge in [0.15, 0.2) is 0 Å². The number of nitrogens with one attached hydrogen (secondary N) is 1. The maximum Gasteiger partial charge on any atom is 0.251 e. The maximum absolute atomic E-state index is 11.9. The van der Waals surface area contributed by atoms with Crippen LogP contribution in [0.5, 0.6) is 11.6 Å². The molecule has 1 saturated heterocycles. The Morgan fingerprint density at radius 2 is 1.94 bits per heavy atom. The molecule has 34 heavy (non-hydrogen) atoms. The fourth-order valence-corrected chi connectivity index (χ4v) is 4.08. The summed E-state index contributed by atoms with van der Waals surface area (Å²) >= 11 is 0. The van der Waals surface area contributed by atoms with Gasteiger partial charge in [0, 0.05) is 74.4 Å². The molecular weight excluding hydrogens is 432 g/mol. The van der Waals surface area contributed by atoms with Crippen molar-refractivity contribution in [2.45, 2.75) is 19.6 Å². The van der Waals surface area contributed by atoms with E-state index in [1.54, 1.807) is 17.3 Å². The second kappa shape index (κ2) is 9.58. The monoisotopic (exact) mass is 458 g/mol. The standard InChI is InChI=1S/C25H26N6O3/c1-17(32)25(33)31-10-8-30(9-11-31)16-18-12-19-2-4-21(13-23(19)26-14-18)34-24-5-3-20(15-27-24)22-6-7-28-29-22/h2-7,12-15,17,32H,8-11,16H2,1H3,(H,28,29). The van der Waals surface area contributed by atoms with Gasteiger partial charge in [-0.25, -0.2) is 4.98 Å². The topological polar surface area (TPSA) is 107 Å². The van der Waals surface area contributed by atoms with Crippen molar-refractivity contribution in [2.24, 2.45) is 0 Å². The molecule has 3 aromatic heterocycles. The minimum absolute atomic E-state index is 0.200. The number of amides is 1. The summed E-state index contributed by atoms with van der Waals surface area (Å²) in [5.74, 6) is 0.981. The number of rotatable bonds is 6. The second-order valence-corrected chi connectivity index (χ2v) is 8.43. The van der Waals surface area contributed by atoms with Crippen LogP contribution >= 0.6 is 0 Å². The number of piperazine rings is 1. The molecule has 1 atom stereocenters. The maximum atomic E-state index is 11.9. The lowest BCUT2D eigenvalue weighted by Gasteiger charge is -2.35. The summed E-state index contributed by atoms with van der Waals surface area (Å²) < 4.78 is 5.92. The minimum atomic E-state index is -0.942. The Balaban J connectivity index is 1.21. The fraction of sp³-hybridized carbons (Fsp3) is 0.280. The van der Waals surface area contributed by atoms with Crippen molar-refractivity contribution in [3.63, 3.8) is 0 Å². The second-order valence-electron chi connectivity index (χ2n) is 8.43. The van der Waals surface area contributed by atoms with Crippen LogP contribution in [0.1, 0.15) is 12.5 Å². The van der Waals surface area contributed by atoms with Gasteiger partial charge in [-0.3, -0.25) is 19.8 Å². The molecule has 1 aliphatic heterocycles. The van der Waals surface area contributed by atoms with Gasteiger partial charge in [-0.2, -0.15) is 5.10 Å². The van der Waals surface area contributed by atoms with Gasteiger partial charge in [-0.15, -0.1) is 0 Å². The number of pyridine rings is 2. The zero-order valence-corrected chi connectivity index (χ0v) is 18.9. The molecule has 0 bridgehead atoms. The average Bonchev–Trinajstić information content (AvgIpc) is 3.40. The SMILES string of the molecule is CC(O)C(=O)N1CCN(Cc2cnc3cc(Oc4ccc(-c5ccn[nH]5)cn4)ccc3c2)CC1. The average molecular weight is 459 g/mol. The van der Waals surface area contributed by atoms with Crippen LogP contribution in [-0.2, 0) is 11.3 Å². The summed E-state index contributed by atoms with van der Waals surface area (Å²) in [6.45, 7) is 5.08. The molecule has 2 N–H and O–H groups in total. The van der Waals surface area contributed by atoms with Gasteiger partial charge >= 0.3 is 0 Å². The van der Waals surface area contributed by atoms with Crippen molar-refractivity contribution in [1.29, 1.82) is 0 Å². The number of aliphatic hydroxyl groups is 1. The van der Waals surface area contributed by atoms with E-state index in [4.69, 9.17) is 4.74 Å². The van der Waals surface area contributed by atoms with Gasteiger partial charge in [-0.1, -0.05) is 0 Å². The first-order valence-electron chi connectivity index (χ1n) is 11.3. The largest absolute Gasteiger partial charge is 0.439 e. The Morgan fingerprint density at radius 3 is 2.65 bits per heavy atom. The van der Waals surface area contributed by atoms with E-state index in [0.29, 0.717) is 24.7 Å². The number of H-pyrrole nitrogens is 1. The van der Waals surface area contributed by atoms with E-state index in [2.05, 4.69) is 31.1 Å². The number of nitrogens with zero attached hydrogens (tertiary/aromatic N) is 5. The van der Waals surface area contributed by atoms with Crippen LogP contribution in [-0.4, -0.2) is 73.3 Å². The van der Waals surface area contributed by atoms with Crippen molar-refractivity contribution in [2.75, 3.05) is 26.2 Å². The zero-order valence-electron chi connectivity index (χ0n) is 18.9. The van der Waals surface area contributed by atoms with Gasteiger partial charge in [0.1, 0.15) is 11.9 Å². The molecule has 1 amide bonds. The molecule has 4 heterocycles. The first kappa shape index (κ1) is 22.0. The molecule has 4 aromatic rings.